The van der Waals surface area contributed by atoms with E-state index in [1.807, 2.05) is 32.8 Å². The van der Waals surface area contributed by atoms with Gasteiger partial charge in [0.15, 0.2) is 0 Å². The lowest BCUT2D eigenvalue weighted by Gasteiger charge is -2.14. The minimum absolute atomic E-state index is 0.00668. The van der Waals surface area contributed by atoms with E-state index in [0.29, 0.717) is 28.2 Å². The zero-order chi connectivity index (χ0) is 21.3. The fraction of sp³-hybridized carbons (Fsp3) is 0.286. The zero-order valence-corrected chi connectivity index (χ0v) is 17.4. The van der Waals surface area contributed by atoms with Crippen LogP contribution < -0.4 is 0 Å². The van der Waals surface area contributed by atoms with Gasteiger partial charge in [-0.25, -0.2) is 13.8 Å². The predicted octanol–water partition coefficient (Wildman–Crippen LogP) is 5.27. The summed E-state index contributed by atoms with van der Waals surface area (Å²) in [6, 6.07) is 7.01. The zero-order valence-electron chi connectivity index (χ0n) is 16.6. The number of thiazole rings is 1. The molecule has 1 aromatic heterocycles. The van der Waals surface area contributed by atoms with E-state index in [2.05, 4.69) is 4.98 Å². The maximum absolute atomic E-state index is 14.2. The van der Waals surface area contributed by atoms with Crippen LogP contribution in [0.1, 0.15) is 27.3 Å². The van der Waals surface area contributed by atoms with Crippen molar-refractivity contribution < 1.29 is 13.7 Å². The third-order valence-corrected chi connectivity index (χ3v) is 5.73. The summed E-state index contributed by atoms with van der Waals surface area (Å²) in [4.78, 5) is 18.8. The average Bonchev–Trinajstić information content (AvgIpc) is 2.96. The summed E-state index contributed by atoms with van der Waals surface area (Å²) in [7, 11) is 3.62. The Bertz CT molecular complexity index is 1040. The first-order valence-electron chi connectivity index (χ1n) is 8.99. The molecule has 2 aromatic carbocycles. The molecular weight excluding hydrogens is 396 g/mol. The summed E-state index contributed by atoms with van der Waals surface area (Å²) in [5.74, 6) is -1.28. The molecule has 8 heteroatoms. The van der Waals surface area contributed by atoms with Crippen molar-refractivity contribution >= 4 is 17.0 Å². The average molecular weight is 417 g/mol. The second kappa shape index (κ2) is 8.34. The molecule has 0 atom stereocenters. The normalized spacial score (nSPS) is 11.3. The summed E-state index contributed by atoms with van der Waals surface area (Å²) in [5, 5.41) is 12.4. The third-order valence-electron chi connectivity index (χ3n) is 4.62. The highest BCUT2D eigenvalue weighted by atomic mass is 32.1. The summed E-state index contributed by atoms with van der Waals surface area (Å²) in [6.45, 7) is 4.07. The highest BCUT2D eigenvalue weighted by Gasteiger charge is 2.25. The van der Waals surface area contributed by atoms with E-state index < -0.39 is 16.6 Å². The van der Waals surface area contributed by atoms with Crippen molar-refractivity contribution in [3.8, 4) is 10.6 Å². The van der Waals surface area contributed by atoms with E-state index in [1.54, 1.807) is 12.1 Å². The molecule has 3 rings (SSSR count). The standard InChI is InChI=1S/C21H21F2N3O2S/c1-12-13(2)29-21(24-12)17-10-14(9-16-18(22)6-5-7-19(16)23)8-15(11-25(3)4)20(17)26(27)28/h5-8,10H,9,11H2,1-4H3. The van der Waals surface area contributed by atoms with Gasteiger partial charge in [-0.1, -0.05) is 6.07 Å². The van der Waals surface area contributed by atoms with E-state index in [4.69, 9.17) is 0 Å². The van der Waals surface area contributed by atoms with Gasteiger partial charge in [0.1, 0.15) is 16.6 Å². The second-order valence-electron chi connectivity index (χ2n) is 7.18. The fourth-order valence-corrected chi connectivity index (χ4v) is 4.13. The number of hydrogen-bond donors (Lipinski definition) is 0. The number of aryl methyl sites for hydroxylation is 2. The van der Waals surface area contributed by atoms with Crippen molar-refractivity contribution in [1.29, 1.82) is 0 Å². The quantitative estimate of drug-likeness (QED) is 0.405. The smallest absolute Gasteiger partial charge is 0.284 e. The van der Waals surface area contributed by atoms with Crippen LogP contribution in [-0.4, -0.2) is 28.9 Å². The van der Waals surface area contributed by atoms with Gasteiger partial charge in [-0.2, -0.15) is 0 Å². The summed E-state index contributed by atoms with van der Waals surface area (Å²) < 4.78 is 28.3. The lowest BCUT2D eigenvalue weighted by atomic mass is 9.97. The van der Waals surface area contributed by atoms with Gasteiger partial charge in [-0.3, -0.25) is 10.1 Å². The molecule has 0 saturated carbocycles. The SMILES string of the molecule is Cc1nc(-c2cc(Cc3c(F)cccc3F)cc(CN(C)C)c2[N+](=O)[O-])sc1C. The molecule has 29 heavy (non-hydrogen) atoms. The van der Waals surface area contributed by atoms with Crippen LogP contribution in [0.4, 0.5) is 14.5 Å². The van der Waals surface area contributed by atoms with Crippen LogP contribution in [0.25, 0.3) is 10.6 Å². The number of benzene rings is 2. The highest BCUT2D eigenvalue weighted by Crippen LogP contribution is 2.38. The number of nitro groups is 1. The maximum Gasteiger partial charge on any atom is 0.284 e. The minimum Gasteiger partial charge on any atom is -0.305 e. The van der Waals surface area contributed by atoms with E-state index in [9.17, 15) is 18.9 Å². The van der Waals surface area contributed by atoms with Gasteiger partial charge in [0.05, 0.1) is 16.2 Å². The Kier molecular flexibility index (Phi) is 6.04. The van der Waals surface area contributed by atoms with E-state index in [1.165, 1.54) is 29.5 Å². The van der Waals surface area contributed by atoms with Crippen LogP contribution in [-0.2, 0) is 13.0 Å². The van der Waals surface area contributed by atoms with Crippen molar-refractivity contribution in [3.05, 3.63) is 79.3 Å². The van der Waals surface area contributed by atoms with Crippen molar-refractivity contribution in [3.63, 3.8) is 0 Å². The number of halogens is 2. The molecule has 0 aliphatic heterocycles. The number of nitro benzene ring substituents is 1. The first kappa shape index (κ1) is 21.0. The van der Waals surface area contributed by atoms with Crippen LogP contribution in [0.3, 0.4) is 0 Å². The summed E-state index contributed by atoms with van der Waals surface area (Å²) >= 11 is 1.37. The molecule has 0 unspecified atom stereocenters. The molecule has 0 spiro atoms. The molecule has 0 bridgehead atoms. The van der Waals surface area contributed by atoms with Gasteiger partial charge < -0.3 is 4.90 Å². The van der Waals surface area contributed by atoms with Gasteiger partial charge in [0.25, 0.3) is 5.69 Å². The van der Waals surface area contributed by atoms with Crippen LogP contribution in [0.15, 0.2) is 30.3 Å². The lowest BCUT2D eigenvalue weighted by Crippen LogP contribution is -2.13. The number of rotatable bonds is 6. The molecule has 5 nitrogen and oxygen atoms in total. The molecule has 0 aliphatic rings. The Morgan fingerprint density at radius 1 is 1.17 bits per heavy atom. The number of hydrogen-bond acceptors (Lipinski definition) is 5. The Balaban J connectivity index is 2.22. The first-order chi connectivity index (χ1) is 13.7. The molecule has 1 heterocycles. The van der Waals surface area contributed by atoms with Gasteiger partial charge in [-0.05, 0) is 57.8 Å². The van der Waals surface area contributed by atoms with E-state index in [0.717, 1.165) is 10.6 Å². The topological polar surface area (TPSA) is 59.3 Å². The molecule has 0 saturated heterocycles. The lowest BCUT2D eigenvalue weighted by molar-refractivity contribution is -0.385. The molecule has 0 amide bonds. The summed E-state index contributed by atoms with van der Waals surface area (Å²) in [6.07, 6.45) is -0.00668. The third kappa shape index (κ3) is 4.49. The molecule has 152 valence electrons. The van der Waals surface area contributed by atoms with E-state index >= 15 is 0 Å². The largest absolute Gasteiger partial charge is 0.305 e. The van der Waals surface area contributed by atoms with Crippen molar-refractivity contribution in [2.75, 3.05) is 14.1 Å². The monoisotopic (exact) mass is 417 g/mol. The fourth-order valence-electron chi connectivity index (χ4n) is 3.20. The van der Waals surface area contributed by atoms with Gasteiger partial charge in [0.2, 0.25) is 0 Å². The van der Waals surface area contributed by atoms with Crippen LogP contribution in [0.2, 0.25) is 0 Å². The van der Waals surface area contributed by atoms with Gasteiger partial charge in [-0.15, -0.1) is 11.3 Å². The second-order valence-corrected chi connectivity index (χ2v) is 8.39. The van der Waals surface area contributed by atoms with Gasteiger partial charge in [0, 0.05) is 29.0 Å². The molecule has 0 N–H and O–H groups in total. The molecule has 3 aromatic rings. The van der Waals surface area contributed by atoms with Crippen LogP contribution >= 0.6 is 11.3 Å². The first-order valence-corrected chi connectivity index (χ1v) is 9.81. The predicted molar refractivity (Wildman–Crippen MR) is 110 cm³/mol. The number of aromatic nitrogens is 1. The van der Waals surface area contributed by atoms with Crippen LogP contribution in [0.5, 0.6) is 0 Å². The Hall–Kier alpha value is -2.71. The Morgan fingerprint density at radius 3 is 2.34 bits per heavy atom. The molecular formula is C21H21F2N3O2S. The Morgan fingerprint density at radius 2 is 1.83 bits per heavy atom. The number of nitrogens with zero attached hydrogens (tertiary/aromatic N) is 3. The van der Waals surface area contributed by atoms with Gasteiger partial charge >= 0.3 is 0 Å². The van der Waals surface area contributed by atoms with Crippen LogP contribution in [0, 0.1) is 35.6 Å². The van der Waals surface area contributed by atoms with Crippen molar-refractivity contribution in [2.45, 2.75) is 26.8 Å². The van der Waals surface area contributed by atoms with Crippen molar-refractivity contribution in [1.82, 2.24) is 9.88 Å². The molecule has 0 radical (unpaired) electrons. The van der Waals surface area contributed by atoms with Crippen molar-refractivity contribution in [2.24, 2.45) is 0 Å². The van der Waals surface area contributed by atoms with E-state index in [-0.39, 0.29) is 17.7 Å². The Labute approximate surface area is 171 Å². The highest BCUT2D eigenvalue weighted by molar-refractivity contribution is 7.15. The summed E-state index contributed by atoms with van der Waals surface area (Å²) in [5.41, 5.74) is 2.17. The maximum atomic E-state index is 14.2. The minimum atomic E-state index is -0.639. The molecule has 0 fully saturated rings. The molecule has 0 aliphatic carbocycles.